The van der Waals surface area contributed by atoms with Gasteiger partial charge < -0.3 is 10.1 Å². The lowest BCUT2D eigenvalue weighted by molar-refractivity contribution is -0.121. The van der Waals surface area contributed by atoms with Crippen LogP contribution < -0.4 is 5.32 Å². The van der Waals surface area contributed by atoms with Gasteiger partial charge in [-0.3, -0.25) is 9.69 Å². The molecule has 6 heteroatoms. The van der Waals surface area contributed by atoms with E-state index < -0.39 is 0 Å². The van der Waals surface area contributed by atoms with Crippen molar-refractivity contribution in [2.24, 2.45) is 5.92 Å². The molecule has 3 rings (SSSR count). The molecular weight excluding hydrogens is 387 g/mol. The molecule has 2 aromatic carbocycles. The van der Waals surface area contributed by atoms with Crippen LogP contribution in [0.4, 0.5) is 4.39 Å². The summed E-state index contributed by atoms with van der Waals surface area (Å²) in [4.78, 5) is 16.4. The quantitative estimate of drug-likeness (QED) is 0.657. The molecule has 0 saturated carbocycles. The number of thioether (sulfide) groups is 1. The van der Waals surface area contributed by atoms with E-state index in [1.165, 1.54) is 12.1 Å². The molecule has 0 aromatic heterocycles. The maximum absolute atomic E-state index is 13.4. The van der Waals surface area contributed by atoms with E-state index >= 15 is 0 Å². The Morgan fingerprint density at radius 1 is 1.10 bits per heavy atom. The predicted molar refractivity (Wildman–Crippen MR) is 115 cm³/mol. The number of nitrogens with zero attached hydrogens (tertiary/aromatic N) is 1. The number of benzene rings is 2. The molecule has 0 bridgehead atoms. The standard InChI is InChI=1S/C23H29FN2O2S/c1-17(2)22(29-20-6-4-3-5-7-20)23(27)25-16-21(26-12-14-28-15-13-26)18-8-10-19(24)11-9-18/h3-11,17,21-22H,12-16H2,1-2H3,(H,25,27). The van der Waals surface area contributed by atoms with Gasteiger partial charge in [-0.25, -0.2) is 4.39 Å². The second-order valence-electron chi connectivity index (χ2n) is 7.56. The molecule has 1 N–H and O–H groups in total. The molecule has 0 aliphatic carbocycles. The summed E-state index contributed by atoms with van der Waals surface area (Å²) in [6.07, 6.45) is 0. The zero-order chi connectivity index (χ0) is 20.6. The maximum Gasteiger partial charge on any atom is 0.233 e. The minimum Gasteiger partial charge on any atom is -0.379 e. The van der Waals surface area contributed by atoms with Gasteiger partial charge in [0, 0.05) is 24.5 Å². The Kier molecular flexibility index (Phi) is 8.09. The van der Waals surface area contributed by atoms with Crippen molar-refractivity contribution in [3.05, 3.63) is 66.0 Å². The zero-order valence-corrected chi connectivity index (χ0v) is 17.8. The largest absolute Gasteiger partial charge is 0.379 e. The van der Waals surface area contributed by atoms with Crippen LogP contribution in [0.15, 0.2) is 59.5 Å². The van der Waals surface area contributed by atoms with Gasteiger partial charge in [-0.1, -0.05) is 44.2 Å². The van der Waals surface area contributed by atoms with Crippen LogP contribution in [-0.2, 0) is 9.53 Å². The van der Waals surface area contributed by atoms with Crippen molar-refractivity contribution in [2.45, 2.75) is 30.0 Å². The molecule has 1 heterocycles. The van der Waals surface area contributed by atoms with Crippen molar-refractivity contribution in [3.8, 4) is 0 Å². The molecule has 1 aliphatic rings. The van der Waals surface area contributed by atoms with Crippen molar-refractivity contribution in [3.63, 3.8) is 0 Å². The Morgan fingerprint density at radius 3 is 2.38 bits per heavy atom. The first-order valence-electron chi connectivity index (χ1n) is 10.1. The van der Waals surface area contributed by atoms with Crippen molar-refractivity contribution in [1.82, 2.24) is 10.2 Å². The van der Waals surface area contributed by atoms with Gasteiger partial charge in [0.1, 0.15) is 5.82 Å². The van der Waals surface area contributed by atoms with Crippen LogP contribution in [0.5, 0.6) is 0 Å². The molecule has 1 saturated heterocycles. The van der Waals surface area contributed by atoms with E-state index in [1.807, 2.05) is 30.3 Å². The Morgan fingerprint density at radius 2 is 1.76 bits per heavy atom. The Bertz CT molecular complexity index is 764. The number of nitrogens with one attached hydrogen (secondary N) is 1. The normalized spacial score (nSPS) is 17.1. The molecule has 0 spiro atoms. The lowest BCUT2D eigenvalue weighted by atomic mass is 10.0. The highest BCUT2D eigenvalue weighted by molar-refractivity contribution is 8.00. The first kappa shape index (κ1) is 21.8. The van der Waals surface area contributed by atoms with E-state index in [9.17, 15) is 9.18 Å². The summed E-state index contributed by atoms with van der Waals surface area (Å²) in [7, 11) is 0. The van der Waals surface area contributed by atoms with Gasteiger partial charge in [0.05, 0.1) is 24.5 Å². The monoisotopic (exact) mass is 416 g/mol. The molecule has 1 aliphatic heterocycles. The molecular formula is C23H29FN2O2S. The zero-order valence-electron chi connectivity index (χ0n) is 17.0. The van der Waals surface area contributed by atoms with Crippen LogP contribution in [0, 0.1) is 11.7 Å². The third-order valence-electron chi connectivity index (χ3n) is 5.08. The molecule has 156 valence electrons. The number of hydrogen-bond acceptors (Lipinski definition) is 4. The van der Waals surface area contributed by atoms with E-state index in [0.29, 0.717) is 19.8 Å². The summed E-state index contributed by atoms with van der Waals surface area (Å²) in [5.41, 5.74) is 1.01. The van der Waals surface area contributed by atoms with Gasteiger partial charge in [0.15, 0.2) is 0 Å². The van der Waals surface area contributed by atoms with Crippen LogP contribution >= 0.6 is 11.8 Å². The fourth-order valence-corrected chi connectivity index (χ4v) is 4.54. The number of halogens is 1. The maximum atomic E-state index is 13.4. The van der Waals surface area contributed by atoms with Gasteiger partial charge in [-0.2, -0.15) is 0 Å². The van der Waals surface area contributed by atoms with E-state index in [2.05, 4.69) is 24.1 Å². The number of hydrogen-bond donors (Lipinski definition) is 1. The number of carbonyl (C=O) groups excluding carboxylic acids is 1. The molecule has 2 aromatic rings. The van der Waals surface area contributed by atoms with Gasteiger partial charge in [-0.05, 0) is 35.7 Å². The van der Waals surface area contributed by atoms with Crippen LogP contribution in [0.3, 0.4) is 0 Å². The van der Waals surface area contributed by atoms with Crippen LogP contribution in [0.1, 0.15) is 25.5 Å². The van der Waals surface area contributed by atoms with Gasteiger partial charge in [-0.15, -0.1) is 11.8 Å². The van der Waals surface area contributed by atoms with Crippen molar-refractivity contribution >= 4 is 17.7 Å². The molecule has 2 unspecified atom stereocenters. The Labute approximate surface area is 176 Å². The number of ether oxygens (including phenoxy) is 1. The number of rotatable bonds is 8. The lowest BCUT2D eigenvalue weighted by Gasteiger charge is -2.35. The first-order valence-corrected chi connectivity index (χ1v) is 11.0. The van der Waals surface area contributed by atoms with E-state index in [0.717, 1.165) is 23.5 Å². The fraction of sp³-hybridized carbons (Fsp3) is 0.435. The summed E-state index contributed by atoms with van der Waals surface area (Å²) in [6.45, 7) is 7.56. The first-order chi connectivity index (χ1) is 14.0. The van der Waals surface area contributed by atoms with Gasteiger partial charge in [0.2, 0.25) is 5.91 Å². The molecule has 0 radical (unpaired) electrons. The molecule has 2 atom stereocenters. The number of amides is 1. The van der Waals surface area contributed by atoms with E-state index in [1.54, 1.807) is 23.9 Å². The highest BCUT2D eigenvalue weighted by atomic mass is 32.2. The Balaban J connectivity index is 1.69. The third-order valence-corrected chi connectivity index (χ3v) is 6.64. The summed E-state index contributed by atoms with van der Waals surface area (Å²) in [5.74, 6) is -0.0141. The third kappa shape index (κ3) is 6.29. The molecule has 1 fully saturated rings. The number of morpholine rings is 1. The average molecular weight is 417 g/mol. The summed E-state index contributed by atoms with van der Waals surface area (Å²) >= 11 is 1.59. The topological polar surface area (TPSA) is 41.6 Å². The van der Waals surface area contributed by atoms with Crippen molar-refractivity contribution in [1.29, 1.82) is 0 Å². The lowest BCUT2D eigenvalue weighted by Crippen LogP contribution is -2.45. The number of carbonyl (C=O) groups is 1. The minimum atomic E-state index is -0.252. The van der Waals surface area contributed by atoms with Crippen LogP contribution in [0.2, 0.25) is 0 Å². The molecule has 4 nitrogen and oxygen atoms in total. The predicted octanol–water partition coefficient (Wildman–Crippen LogP) is 4.13. The molecule has 1 amide bonds. The average Bonchev–Trinajstić information content (AvgIpc) is 2.74. The summed E-state index contributed by atoms with van der Waals surface area (Å²) in [6, 6.07) is 16.6. The van der Waals surface area contributed by atoms with E-state index in [-0.39, 0.29) is 28.9 Å². The summed E-state index contributed by atoms with van der Waals surface area (Å²) < 4.78 is 18.9. The second-order valence-corrected chi connectivity index (χ2v) is 8.77. The minimum absolute atomic E-state index is 0.00186. The highest BCUT2D eigenvalue weighted by Crippen LogP contribution is 2.28. The van der Waals surface area contributed by atoms with Crippen LogP contribution in [-0.4, -0.2) is 48.9 Å². The second kappa shape index (κ2) is 10.8. The summed E-state index contributed by atoms with van der Waals surface area (Å²) in [5, 5.41) is 2.99. The smallest absolute Gasteiger partial charge is 0.233 e. The Hall–Kier alpha value is -1.89. The fourth-order valence-electron chi connectivity index (χ4n) is 3.47. The van der Waals surface area contributed by atoms with Crippen molar-refractivity contribution in [2.75, 3.05) is 32.8 Å². The van der Waals surface area contributed by atoms with Crippen LogP contribution in [0.25, 0.3) is 0 Å². The van der Waals surface area contributed by atoms with Gasteiger partial charge in [0.25, 0.3) is 0 Å². The van der Waals surface area contributed by atoms with Gasteiger partial charge >= 0.3 is 0 Å². The van der Waals surface area contributed by atoms with E-state index in [4.69, 9.17) is 4.74 Å². The van der Waals surface area contributed by atoms with Crippen molar-refractivity contribution < 1.29 is 13.9 Å². The molecule has 29 heavy (non-hydrogen) atoms. The SMILES string of the molecule is CC(C)C(Sc1ccccc1)C(=O)NCC(c1ccc(F)cc1)N1CCOCC1. The highest BCUT2D eigenvalue weighted by Gasteiger charge is 2.27.